The normalized spacial score (nSPS) is 10.8. The van der Waals surface area contributed by atoms with Gasteiger partial charge in [0.1, 0.15) is 22.9 Å². The molecule has 0 amide bonds. The van der Waals surface area contributed by atoms with Crippen molar-refractivity contribution in [2.45, 2.75) is 6.92 Å². The molecule has 96 valence electrons. The third-order valence-electron chi connectivity index (χ3n) is 3.15. The molecule has 0 saturated heterocycles. The number of anilines is 1. The van der Waals surface area contributed by atoms with E-state index in [9.17, 15) is 0 Å². The lowest BCUT2D eigenvalue weighted by atomic mass is 10.1. The van der Waals surface area contributed by atoms with Gasteiger partial charge in [0.05, 0.1) is 7.11 Å². The Balaban J connectivity index is 2.21. The van der Waals surface area contributed by atoms with Gasteiger partial charge in [-0.15, -0.1) is 0 Å². The molecule has 0 radical (unpaired) electrons. The first kappa shape index (κ1) is 11.6. The molecule has 19 heavy (non-hydrogen) atoms. The number of ether oxygens (including phenoxy) is 1. The van der Waals surface area contributed by atoms with Crippen molar-refractivity contribution >= 4 is 11.5 Å². The number of aromatic nitrogens is 2. The standard InChI is InChI=1S/C15H15N3O/c1-10-6-7-13-17-14(15(16)18(13)9-10)11-4-3-5-12(8-11)19-2/h3-9H,16H2,1-2H3. The Bertz CT molecular complexity index is 746. The van der Waals surface area contributed by atoms with Crippen molar-refractivity contribution in [3.8, 4) is 17.0 Å². The van der Waals surface area contributed by atoms with Crippen LogP contribution in [0.15, 0.2) is 42.6 Å². The van der Waals surface area contributed by atoms with Crippen LogP contribution in [0.5, 0.6) is 5.75 Å². The molecule has 0 fully saturated rings. The van der Waals surface area contributed by atoms with E-state index in [0.717, 1.165) is 28.2 Å². The zero-order valence-corrected chi connectivity index (χ0v) is 10.9. The number of rotatable bonds is 2. The maximum atomic E-state index is 6.19. The fourth-order valence-corrected chi connectivity index (χ4v) is 2.15. The molecule has 2 N–H and O–H groups in total. The van der Waals surface area contributed by atoms with E-state index < -0.39 is 0 Å². The largest absolute Gasteiger partial charge is 0.497 e. The van der Waals surface area contributed by atoms with Gasteiger partial charge >= 0.3 is 0 Å². The van der Waals surface area contributed by atoms with Gasteiger partial charge in [0, 0.05) is 11.8 Å². The van der Waals surface area contributed by atoms with Gasteiger partial charge in [0.2, 0.25) is 0 Å². The van der Waals surface area contributed by atoms with E-state index >= 15 is 0 Å². The monoisotopic (exact) mass is 253 g/mol. The second-order valence-corrected chi connectivity index (χ2v) is 4.51. The van der Waals surface area contributed by atoms with Gasteiger partial charge in [0.25, 0.3) is 0 Å². The molecule has 0 aliphatic rings. The highest BCUT2D eigenvalue weighted by atomic mass is 16.5. The third-order valence-corrected chi connectivity index (χ3v) is 3.15. The average Bonchev–Trinajstić information content (AvgIpc) is 2.76. The minimum absolute atomic E-state index is 0.645. The van der Waals surface area contributed by atoms with Crippen LogP contribution >= 0.6 is 0 Å². The lowest BCUT2D eigenvalue weighted by Gasteiger charge is -2.03. The highest BCUT2D eigenvalue weighted by molar-refractivity contribution is 5.75. The summed E-state index contributed by atoms with van der Waals surface area (Å²) in [6, 6.07) is 11.7. The van der Waals surface area contributed by atoms with Crippen molar-refractivity contribution in [2.24, 2.45) is 0 Å². The number of imidazole rings is 1. The molecule has 0 unspecified atom stereocenters. The molecule has 0 aliphatic heterocycles. The van der Waals surface area contributed by atoms with Crippen LogP contribution in [0.25, 0.3) is 16.9 Å². The molecule has 1 aromatic carbocycles. The van der Waals surface area contributed by atoms with Crippen LogP contribution in [0, 0.1) is 6.92 Å². The van der Waals surface area contributed by atoms with Gasteiger partial charge in [0.15, 0.2) is 0 Å². The summed E-state index contributed by atoms with van der Waals surface area (Å²) in [5.41, 5.74) is 9.92. The summed E-state index contributed by atoms with van der Waals surface area (Å²) in [5, 5.41) is 0. The van der Waals surface area contributed by atoms with Gasteiger partial charge in [-0.05, 0) is 30.7 Å². The van der Waals surface area contributed by atoms with Gasteiger partial charge in [-0.2, -0.15) is 0 Å². The number of hydrogen-bond acceptors (Lipinski definition) is 3. The number of nitrogens with two attached hydrogens (primary N) is 1. The van der Waals surface area contributed by atoms with Gasteiger partial charge in [-0.3, -0.25) is 4.40 Å². The smallest absolute Gasteiger partial charge is 0.139 e. The van der Waals surface area contributed by atoms with Crippen LogP contribution in [0.1, 0.15) is 5.56 Å². The molecule has 0 aliphatic carbocycles. The summed E-state index contributed by atoms with van der Waals surface area (Å²) in [6.07, 6.45) is 1.99. The lowest BCUT2D eigenvalue weighted by molar-refractivity contribution is 0.415. The molecule has 0 spiro atoms. The summed E-state index contributed by atoms with van der Waals surface area (Å²) in [5.74, 6) is 1.44. The van der Waals surface area contributed by atoms with E-state index in [4.69, 9.17) is 10.5 Å². The van der Waals surface area contributed by atoms with E-state index in [-0.39, 0.29) is 0 Å². The first-order valence-corrected chi connectivity index (χ1v) is 6.07. The summed E-state index contributed by atoms with van der Waals surface area (Å²) >= 11 is 0. The average molecular weight is 253 g/mol. The minimum atomic E-state index is 0.645. The summed E-state index contributed by atoms with van der Waals surface area (Å²) in [7, 11) is 1.65. The van der Waals surface area contributed by atoms with E-state index in [1.165, 1.54) is 0 Å². The predicted molar refractivity (Wildman–Crippen MR) is 76.3 cm³/mol. The maximum Gasteiger partial charge on any atom is 0.139 e. The number of methoxy groups -OCH3 is 1. The fraction of sp³-hybridized carbons (Fsp3) is 0.133. The van der Waals surface area contributed by atoms with E-state index in [2.05, 4.69) is 4.98 Å². The third kappa shape index (κ3) is 1.91. The van der Waals surface area contributed by atoms with Gasteiger partial charge in [-0.1, -0.05) is 18.2 Å². The van der Waals surface area contributed by atoms with Crippen molar-refractivity contribution in [3.05, 3.63) is 48.2 Å². The van der Waals surface area contributed by atoms with Crippen molar-refractivity contribution < 1.29 is 4.74 Å². The van der Waals surface area contributed by atoms with Crippen molar-refractivity contribution in [1.82, 2.24) is 9.38 Å². The van der Waals surface area contributed by atoms with Crippen molar-refractivity contribution in [1.29, 1.82) is 0 Å². The number of hydrogen-bond donors (Lipinski definition) is 1. The zero-order chi connectivity index (χ0) is 13.4. The number of nitrogen functional groups attached to an aromatic ring is 1. The van der Waals surface area contributed by atoms with Crippen molar-refractivity contribution in [3.63, 3.8) is 0 Å². The maximum absolute atomic E-state index is 6.19. The first-order valence-electron chi connectivity index (χ1n) is 6.07. The topological polar surface area (TPSA) is 52.5 Å². The van der Waals surface area contributed by atoms with Crippen LogP contribution in [-0.4, -0.2) is 16.5 Å². The molecule has 0 atom stereocenters. The Morgan fingerprint density at radius 1 is 1.21 bits per heavy atom. The predicted octanol–water partition coefficient (Wildman–Crippen LogP) is 2.90. The van der Waals surface area contributed by atoms with Crippen LogP contribution in [0.4, 0.5) is 5.82 Å². The van der Waals surface area contributed by atoms with Crippen molar-refractivity contribution in [2.75, 3.05) is 12.8 Å². The molecule has 3 aromatic rings. The zero-order valence-electron chi connectivity index (χ0n) is 10.9. The fourth-order valence-electron chi connectivity index (χ4n) is 2.15. The van der Waals surface area contributed by atoms with Crippen LogP contribution in [-0.2, 0) is 0 Å². The van der Waals surface area contributed by atoms with E-state index in [1.807, 2.05) is 53.9 Å². The number of nitrogens with zero attached hydrogens (tertiary/aromatic N) is 2. The quantitative estimate of drug-likeness (QED) is 0.764. The highest BCUT2D eigenvalue weighted by Crippen LogP contribution is 2.28. The summed E-state index contributed by atoms with van der Waals surface area (Å²) < 4.78 is 7.14. The van der Waals surface area contributed by atoms with E-state index in [0.29, 0.717) is 5.82 Å². The second-order valence-electron chi connectivity index (χ2n) is 4.51. The van der Waals surface area contributed by atoms with Gasteiger partial charge < -0.3 is 10.5 Å². The molecule has 4 nitrogen and oxygen atoms in total. The SMILES string of the molecule is COc1cccc(-c2nc3ccc(C)cn3c2N)c1. The van der Waals surface area contributed by atoms with Crippen LogP contribution < -0.4 is 10.5 Å². The van der Waals surface area contributed by atoms with Crippen LogP contribution in [0.3, 0.4) is 0 Å². The summed E-state index contributed by atoms with van der Waals surface area (Å²) in [4.78, 5) is 4.58. The Kier molecular flexibility index (Phi) is 2.63. The second kappa shape index (κ2) is 4.31. The Morgan fingerprint density at radius 3 is 2.84 bits per heavy atom. The molecule has 0 saturated carbocycles. The van der Waals surface area contributed by atoms with Crippen LogP contribution in [0.2, 0.25) is 0 Å². The Morgan fingerprint density at radius 2 is 2.05 bits per heavy atom. The lowest BCUT2D eigenvalue weighted by Crippen LogP contribution is -1.94. The number of fused-ring (bicyclic) bond motifs is 1. The molecular weight excluding hydrogens is 238 g/mol. The molecule has 4 heteroatoms. The molecule has 0 bridgehead atoms. The molecule has 2 aromatic heterocycles. The first-order chi connectivity index (χ1) is 9.19. The minimum Gasteiger partial charge on any atom is -0.497 e. The highest BCUT2D eigenvalue weighted by Gasteiger charge is 2.11. The Hall–Kier alpha value is -2.49. The number of benzene rings is 1. The van der Waals surface area contributed by atoms with E-state index in [1.54, 1.807) is 7.11 Å². The Labute approximate surface area is 111 Å². The number of pyridine rings is 1. The molecular formula is C15H15N3O. The number of aryl methyl sites for hydroxylation is 1. The molecule has 2 heterocycles. The molecule has 3 rings (SSSR count). The summed E-state index contributed by atoms with van der Waals surface area (Å²) in [6.45, 7) is 2.03. The van der Waals surface area contributed by atoms with Gasteiger partial charge in [-0.25, -0.2) is 4.98 Å².